The third-order valence-electron chi connectivity index (χ3n) is 4.61. The molecule has 0 bridgehead atoms. The molecule has 2 aromatic heterocycles. The van der Waals surface area contributed by atoms with Crippen molar-refractivity contribution in [2.24, 2.45) is 0 Å². The Hall–Kier alpha value is -2.77. The van der Waals surface area contributed by atoms with E-state index in [-0.39, 0.29) is 0 Å². The van der Waals surface area contributed by atoms with Gasteiger partial charge in [-0.2, -0.15) is 4.52 Å². The van der Waals surface area contributed by atoms with Crippen LogP contribution in [0, 0.1) is 0 Å². The van der Waals surface area contributed by atoms with Crippen LogP contribution in [0.5, 0.6) is 0 Å². The SMILES string of the molecule is CCCCN1CCc2ccc(Nc3ccc4nnc(C(F)F)n4n3)cc21. The van der Waals surface area contributed by atoms with Gasteiger partial charge in [-0.25, -0.2) is 8.78 Å². The Bertz CT molecular complexity index is 923. The van der Waals surface area contributed by atoms with Gasteiger partial charge in [0, 0.05) is 24.5 Å². The minimum absolute atomic E-state index is 0.297. The lowest BCUT2D eigenvalue weighted by Gasteiger charge is -2.19. The molecule has 1 aromatic carbocycles. The summed E-state index contributed by atoms with van der Waals surface area (Å²) in [7, 11) is 0. The zero-order valence-corrected chi connectivity index (χ0v) is 14.5. The van der Waals surface area contributed by atoms with Gasteiger partial charge in [0.05, 0.1) is 0 Å². The fourth-order valence-electron chi connectivity index (χ4n) is 3.26. The van der Waals surface area contributed by atoms with Gasteiger partial charge >= 0.3 is 0 Å². The molecule has 6 nitrogen and oxygen atoms in total. The molecule has 0 saturated heterocycles. The Balaban J connectivity index is 1.60. The molecule has 1 N–H and O–H groups in total. The number of nitrogens with one attached hydrogen (secondary N) is 1. The summed E-state index contributed by atoms with van der Waals surface area (Å²) in [4.78, 5) is 2.40. The van der Waals surface area contributed by atoms with Crippen LogP contribution in [0.2, 0.25) is 0 Å². The maximum atomic E-state index is 13.0. The fourth-order valence-corrected chi connectivity index (χ4v) is 3.26. The molecular weight excluding hydrogens is 338 g/mol. The van der Waals surface area contributed by atoms with E-state index in [0.717, 1.165) is 29.7 Å². The molecule has 0 radical (unpaired) electrons. The second kappa shape index (κ2) is 6.86. The van der Waals surface area contributed by atoms with Crippen molar-refractivity contribution in [1.82, 2.24) is 19.8 Å². The van der Waals surface area contributed by atoms with E-state index in [4.69, 9.17) is 0 Å². The molecule has 0 spiro atoms. The van der Waals surface area contributed by atoms with Crippen molar-refractivity contribution in [1.29, 1.82) is 0 Å². The minimum atomic E-state index is -2.72. The molecule has 0 aliphatic carbocycles. The number of nitrogens with zero attached hydrogens (tertiary/aromatic N) is 5. The van der Waals surface area contributed by atoms with Crippen molar-refractivity contribution in [3.05, 3.63) is 41.7 Å². The van der Waals surface area contributed by atoms with Crippen molar-refractivity contribution < 1.29 is 8.78 Å². The number of halogens is 2. The van der Waals surface area contributed by atoms with Crippen LogP contribution in [-0.2, 0) is 6.42 Å². The van der Waals surface area contributed by atoms with Gasteiger partial charge in [0.15, 0.2) is 11.5 Å². The van der Waals surface area contributed by atoms with Crippen LogP contribution in [0.1, 0.15) is 37.6 Å². The van der Waals surface area contributed by atoms with Gasteiger partial charge in [-0.15, -0.1) is 15.3 Å². The number of hydrogen-bond acceptors (Lipinski definition) is 5. The number of rotatable bonds is 6. The Kier molecular flexibility index (Phi) is 4.40. The summed E-state index contributed by atoms with van der Waals surface area (Å²) in [6.45, 7) is 4.28. The molecule has 3 aromatic rings. The van der Waals surface area contributed by atoms with Crippen molar-refractivity contribution in [2.75, 3.05) is 23.3 Å². The Labute approximate surface area is 149 Å². The Morgan fingerprint density at radius 2 is 2.08 bits per heavy atom. The zero-order valence-electron chi connectivity index (χ0n) is 14.5. The Morgan fingerprint density at radius 3 is 2.88 bits per heavy atom. The van der Waals surface area contributed by atoms with Crippen LogP contribution in [0.15, 0.2) is 30.3 Å². The van der Waals surface area contributed by atoms with E-state index in [0.29, 0.717) is 11.5 Å². The third-order valence-corrected chi connectivity index (χ3v) is 4.61. The topological polar surface area (TPSA) is 58.3 Å². The molecule has 0 saturated carbocycles. The van der Waals surface area contributed by atoms with Crippen LogP contribution < -0.4 is 10.2 Å². The van der Waals surface area contributed by atoms with Gasteiger partial charge in [-0.1, -0.05) is 19.4 Å². The highest BCUT2D eigenvalue weighted by Crippen LogP contribution is 2.32. The van der Waals surface area contributed by atoms with Gasteiger partial charge in [0.25, 0.3) is 6.43 Å². The molecule has 0 fully saturated rings. The highest BCUT2D eigenvalue weighted by Gasteiger charge is 2.19. The van der Waals surface area contributed by atoms with Gasteiger partial charge < -0.3 is 10.2 Å². The van der Waals surface area contributed by atoms with Crippen LogP contribution in [-0.4, -0.2) is 32.9 Å². The molecule has 0 amide bonds. The molecule has 3 heterocycles. The summed E-state index contributed by atoms with van der Waals surface area (Å²) < 4.78 is 27.1. The van der Waals surface area contributed by atoms with E-state index in [1.54, 1.807) is 12.1 Å². The van der Waals surface area contributed by atoms with Gasteiger partial charge in [-0.3, -0.25) is 0 Å². The summed E-state index contributed by atoms with van der Waals surface area (Å²) in [5, 5.41) is 14.6. The van der Waals surface area contributed by atoms with E-state index in [2.05, 4.69) is 44.6 Å². The second-order valence-corrected chi connectivity index (χ2v) is 6.41. The van der Waals surface area contributed by atoms with Crippen molar-refractivity contribution in [2.45, 2.75) is 32.6 Å². The molecule has 1 aliphatic rings. The number of anilines is 3. The number of aromatic nitrogens is 4. The van der Waals surface area contributed by atoms with E-state index >= 15 is 0 Å². The standard InChI is InChI=1S/C18H20F2N6/c1-2-3-9-25-10-8-12-4-5-13(11-14(12)25)21-15-6-7-16-22-23-18(17(19)20)26(16)24-15/h4-7,11,17H,2-3,8-10H2,1H3,(H,21,24). The average molecular weight is 358 g/mol. The van der Waals surface area contributed by atoms with Crippen molar-refractivity contribution >= 4 is 22.8 Å². The Morgan fingerprint density at radius 1 is 1.19 bits per heavy atom. The first kappa shape index (κ1) is 16.7. The number of alkyl halides is 2. The first-order valence-corrected chi connectivity index (χ1v) is 8.81. The maximum Gasteiger partial charge on any atom is 0.299 e. The highest BCUT2D eigenvalue weighted by molar-refractivity contribution is 5.68. The summed E-state index contributed by atoms with van der Waals surface area (Å²) in [6.07, 6.45) is 0.667. The van der Waals surface area contributed by atoms with Gasteiger partial charge in [0.1, 0.15) is 0 Å². The van der Waals surface area contributed by atoms with E-state index in [1.165, 1.54) is 24.1 Å². The monoisotopic (exact) mass is 358 g/mol. The van der Waals surface area contributed by atoms with Gasteiger partial charge in [-0.05, 0) is 42.7 Å². The summed E-state index contributed by atoms with van der Waals surface area (Å²) in [6, 6.07) is 9.54. The molecule has 26 heavy (non-hydrogen) atoms. The van der Waals surface area contributed by atoms with E-state index in [1.807, 2.05) is 6.07 Å². The summed E-state index contributed by atoms with van der Waals surface area (Å²) in [5.74, 6) is 0.0144. The molecular formula is C18H20F2N6. The molecule has 0 atom stereocenters. The molecule has 1 aliphatic heterocycles. The second-order valence-electron chi connectivity index (χ2n) is 6.41. The van der Waals surface area contributed by atoms with Crippen molar-refractivity contribution in [3.63, 3.8) is 0 Å². The largest absolute Gasteiger partial charge is 0.371 e. The first-order chi connectivity index (χ1) is 12.7. The molecule has 4 rings (SSSR count). The number of unbranched alkanes of at least 4 members (excludes halogenated alkanes) is 1. The number of hydrogen-bond donors (Lipinski definition) is 1. The highest BCUT2D eigenvalue weighted by atomic mass is 19.3. The number of benzene rings is 1. The summed E-state index contributed by atoms with van der Waals surface area (Å²) >= 11 is 0. The van der Waals surface area contributed by atoms with E-state index < -0.39 is 12.2 Å². The quantitative estimate of drug-likeness (QED) is 0.723. The third kappa shape index (κ3) is 3.07. The van der Waals surface area contributed by atoms with Gasteiger partial charge in [0.2, 0.25) is 5.82 Å². The van der Waals surface area contributed by atoms with Crippen LogP contribution in [0.4, 0.5) is 26.0 Å². The van der Waals surface area contributed by atoms with Crippen LogP contribution in [0.25, 0.3) is 5.65 Å². The van der Waals surface area contributed by atoms with E-state index in [9.17, 15) is 8.78 Å². The minimum Gasteiger partial charge on any atom is -0.371 e. The summed E-state index contributed by atoms with van der Waals surface area (Å²) in [5.41, 5.74) is 3.76. The van der Waals surface area contributed by atoms with Crippen molar-refractivity contribution in [3.8, 4) is 0 Å². The lowest BCUT2D eigenvalue weighted by atomic mass is 10.1. The first-order valence-electron chi connectivity index (χ1n) is 8.81. The predicted octanol–water partition coefficient (Wildman–Crippen LogP) is 3.97. The zero-order chi connectivity index (χ0) is 18.1. The molecule has 8 heteroatoms. The molecule has 136 valence electrons. The van der Waals surface area contributed by atoms with Crippen LogP contribution >= 0.6 is 0 Å². The van der Waals surface area contributed by atoms with Crippen LogP contribution in [0.3, 0.4) is 0 Å². The average Bonchev–Trinajstić information content (AvgIpc) is 3.23. The normalized spacial score (nSPS) is 13.6. The molecule has 0 unspecified atom stereocenters. The lowest BCUT2D eigenvalue weighted by Crippen LogP contribution is -2.21. The maximum absolute atomic E-state index is 13.0. The smallest absolute Gasteiger partial charge is 0.299 e. The number of fused-ring (bicyclic) bond motifs is 2. The predicted molar refractivity (Wildman–Crippen MR) is 96.3 cm³/mol. The lowest BCUT2D eigenvalue weighted by molar-refractivity contribution is 0.137. The fraction of sp³-hybridized carbons (Fsp3) is 0.389.